The minimum atomic E-state index is -0.666. The van der Waals surface area contributed by atoms with Gasteiger partial charge in [0.15, 0.2) is 0 Å². The van der Waals surface area contributed by atoms with Gasteiger partial charge >= 0.3 is 0 Å². The maximum Gasteiger partial charge on any atom is 0.255 e. The maximum absolute atomic E-state index is 12.9. The molecule has 1 unspecified atom stereocenters. The number of H-pyrrole nitrogens is 1. The van der Waals surface area contributed by atoms with Crippen LogP contribution in [0.4, 0.5) is 0 Å². The molecule has 13 heteroatoms. The largest absolute Gasteiger partial charge is 0.489 e. The van der Waals surface area contributed by atoms with E-state index in [4.69, 9.17) is 14.2 Å². The normalized spacial score (nSPS) is 18.9. The average molecular weight is 730 g/mol. The van der Waals surface area contributed by atoms with Crippen molar-refractivity contribution in [1.29, 1.82) is 5.26 Å². The summed E-state index contributed by atoms with van der Waals surface area (Å²) in [5, 5.41) is 14.3. The minimum absolute atomic E-state index is 0.0566. The molecule has 55 heavy (non-hydrogen) atoms. The summed E-state index contributed by atoms with van der Waals surface area (Å²) < 4.78 is 18.0. The molecule has 1 saturated carbocycles. The molecule has 2 aromatic carbocycles. The molecule has 6 heterocycles. The average Bonchev–Trinajstić information content (AvgIpc) is 3.72. The van der Waals surface area contributed by atoms with Gasteiger partial charge in [0.1, 0.15) is 53.7 Å². The van der Waals surface area contributed by atoms with Crippen molar-refractivity contribution >= 4 is 39.5 Å². The second-order valence-corrected chi connectivity index (χ2v) is 13.6. The number of nitriles is 1. The number of nitrogens with zero attached hydrogens (tertiary/aromatic N) is 5. The Labute approximate surface area is 314 Å². The summed E-state index contributed by atoms with van der Waals surface area (Å²) in [6, 6.07) is 20.2. The van der Waals surface area contributed by atoms with E-state index in [-0.39, 0.29) is 43.6 Å². The van der Waals surface area contributed by atoms with E-state index < -0.39 is 11.9 Å². The third-order valence-corrected chi connectivity index (χ3v) is 10.1. The van der Waals surface area contributed by atoms with Crippen molar-refractivity contribution in [2.24, 2.45) is 0 Å². The summed E-state index contributed by atoms with van der Waals surface area (Å²) in [5.74, 6) is 6.42. The molecule has 2 N–H and O–H groups in total. The first-order valence-electron chi connectivity index (χ1n) is 17.8. The number of amides is 3. The standard InChI is InChI=1S/C42H31N7O6/c43-19-25-14-26(24-3-7-34-35-22-44-12-11-36(35)47-37(34)16-24)20-46-41(25)55-32-17-31(18-32)54-30-5-4-28(45-21-30)2-1-13-53-29-6-8-33-27(15-29)23-49(42(33)52)38-9-10-39(50)48-40(38)51/h3-8,11-12,14-16,20-22,31-32,38,47H,9-10,13,17-18,23H2,(H,48,50,51). The molecule has 270 valence electrons. The third kappa shape index (κ3) is 6.64. The second kappa shape index (κ2) is 14.0. The maximum atomic E-state index is 12.9. The van der Waals surface area contributed by atoms with Gasteiger partial charge in [0.05, 0.1) is 6.20 Å². The van der Waals surface area contributed by atoms with Crippen molar-refractivity contribution in [2.75, 3.05) is 6.61 Å². The molecule has 2 aliphatic heterocycles. The number of pyridine rings is 3. The number of aromatic amines is 1. The van der Waals surface area contributed by atoms with Crippen LogP contribution >= 0.6 is 0 Å². The Balaban J connectivity index is 0.746. The lowest BCUT2D eigenvalue weighted by Gasteiger charge is -2.35. The van der Waals surface area contributed by atoms with Gasteiger partial charge in [0.2, 0.25) is 17.7 Å². The first-order valence-corrected chi connectivity index (χ1v) is 17.8. The summed E-state index contributed by atoms with van der Waals surface area (Å²) in [6.45, 7) is 0.379. The number of aromatic nitrogens is 4. The SMILES string of the molecule is N#Cc1cc(-c2ccc3c(c2)[nH]c2ccncc23)cnc1OC1CC(Oc2ccc(C#CCOc3ccc4c(c3)CN(C3CCC(=O)NC3=O)C4=O)nc2)C1. The summed E-state index contributed by atoms with van der Waals surface area (Å²) >= 11 is 0. The molecule has 0 bridgehead atoms. The quantitative estimate of drug-likeness (QED) is 0.156. The predicted molar refractivity (Wildman–Crippen MR) is 199 cm³/mol. The molecule has 2 fully saturated rings. The molecule has 6 aromatic rings. The van der Waals surface area contributed by atoms with Crippen LogP contribution in [0, 0.1) is 23.2 Å². The van der Waals surface area contributed by atoms with Crippen molar-refractivity contribution in [3.8, 4) is 46.4 Å². The Morgan fingerprint density at radius 3 is 2.56 bits per heavy atom. The van der Waals surface area contributed by atoms with E-state index in [0.717, 1.165) is 38.5 Å². The molecule has 0 radical (unpaired) electrons. The Kier molecular flexibility index (Phi) is 8.52. The Morgan fingerprint density at radius 1 is 0.855 bits per heavy atom. The van der Waals surface area contributed by atoms with Crippen molar-refractivity contribution in [2.45, 2.75) is 50.5 Å². The van der Waals surface area contributed by atoms with Crippen LogP contribution in [0.15, 0.2) is 85.5 Å². The molecule has 3 aliphatic rings. The van der Waals surface area contributed by atoms with Gasteiger partial charge in [-0.1, -0.05) is 18.1 Å². The number of ether oxygens (including phenoxy) is 3. The Bertz CT molecular complexity index is 2630. The zero-order chi connectivity index (χ0) is 37.5. The van der Waals surface area contributed by atoms with Gasteiger partial charge in [-0.25, -0.2) is 9.97 Å². The van der Waals surface area contributed by atoms with E-state index in [1.54, 1.807) is 48.9 Å². The number of nitrogens with one attached hydrogen (secondary N) is 2. The van der Waals surface area contributed by atoms with E-state index in [9.17, 15) is 19.6 Å². The van der Waals surface area contributed by atoms with Crippen LogP contribution in [0.5, 0.6) is 17.4 Å². The molecule has 13 nitrogen and oxygen atoms in total. The highest BCUT2D eigenvalue weighted by atomic mass is 16.5. The van der Waals surface area contributed by atoms with Crippen molar-refractivity contribution < 1.29 is 28.6 Å². The Hall–Kier alpha value is -7.25. The lowest BCUT2D eigenvalue weighted by Crippen LogP contribution is -2.52. The number of piperidine rings is 1. The Morgan fingerprint density at radius 2 is 1.73 bits per heavy atom. The lowest BCUT2D eigenvalue weighted by atomic mass is 9.92. The van der Waals surface area contributed by atoms with Crippen LogP contribution < -0.4 is 19.5 Å². The van der Waals surface area contributed by atoms with Gasteiger partial charge in [-0.2, -0.15) is 5.26 Å². The smallest absolute Gasteiger partial charge is 0.255 e. The number of carbonyl (C=O) groups is 3. The summed E-state index contributed by atoms with van der Waals surface area (Å²) in [6.07, 6.45) is 8.59. The molecule has 1 aliphatic carbocycles. The van der Waals surface area contributed by atoms with Crippen LogP contribution in [0.1, 0.15) is 52.9 Å². The zero-order valence-corrected chi connectivity index (χ0v) is 29.2. The van der Waals surface area contributed by atoms with Gasteiger partial charge in [-0.15, -0.1) is 0 Å². The van der Waals surface area contributed by atoms with Crippen molar-refractivity contribution in [1.82, 2.24) is 30.2 Å². The van der Waals surface area contributed by atoms with Gasteiger partial charge in [0.25, 0.3) is 5.91 Å². The van der Waals surface area contributed by atoms with Crippen LogP contribution in [-0.2, 0) is 16.1 Å². The predicted octanol–water partition coefficient (Wildman–Crippen LogP) is 5.23. The van der Waals surface area contributed by atoms with Gasteiger partial charge in [-0.05, 0) is 72.0 Å². The van der Waals surface area contributed by atoms with Crippen LogP contribution in [0.2, 0.25) is 0 Å². The highest BCUT2D eigenvalue weighted by Gasteiger charge is 2.39. The number of benzene rings is 2. The number of hydrogen-bond donors (Lipinski definition) is 2. The number of fused-ring (bicyclic) bond motifs is 4. The fourth-order valence-electron chi connectivity index (χ4n) is 7.18. The number of rotatable bonds is 8. The molecule has 0 spiro atoms. The molecule has 1 saturated heterocycles. The summed E-state index contributed by atoms with van der Waals surface area (Å²) in [5.41, 5.74) is 5.97. The fraction of sp³-hybridized carbons (Fsp3) is 0.214. The topological polar surface area (TPSA) is 172 Å². The molecule has 3 amide bonds. The first kappa shape index (κ1) is 33.6. The highest BCUT2D eigenvalue weighted by molar-refractivity contribution is 6.08. The van der Waals surface area contributed by atoms with E-state index in [1.807, 2.05) is 24.4 Å². The number of carbonyl (C=O) groups excluding carboxylic acids is 3. The van der Waals surface area contributed by atoms with Crippen LogP contribution in [-0.4, -0.2) is 67.4 Å². The lowest BCUT2D eigenvalue weighted by molar-refractivity contribution is -0.136. The second-order valence-electron chi connectivity index (χ2n) is 13.6. The molecule has 1 atom stereocenters. The fourth-order valence-corrected chi connectivity index (χ4v) is 7.18. The summed E-state index contributed by atoms with van der Waals surface area (Å²) in [4.78, 5) is 54.8. The van der Waals surface area contributed by atoms with Crippen molar-refractivity contribution in [3.05, 3.63) is 108 Å². The van der Waals surface area contributed by atoms with Crippen LogP contribution in [0.25, 0.3) is 32.9 Å². The van der Waals surface area contributed by atoms with Gasteiger partial charge < -0.3 is 24.1 Å². The van der Waals surface area contributed by atoms with E-state index >= 15 is 0 Å². The molecule has 4 aromatic heterocycles. The third-order valence-electron chi connectivity index (χ3n) is 10.1. The van der Waals surface area contributed by atoms with E-state index in [1.165, 1.54) is 4.90 Å². The zero-order valence-electron chi connectivity index (χ0n) is 29.2. The first-order chi connectivity index (χ1) is 26.9. The minimum Gasteiger partial charge on any atom is -0.489 e. The number of hydrogen-bond acceptors (Lipinski definition) is 10. The summed E-state index contributed by atoms with van der Waals surface area (Å²) in [7, 11) is 0. The van der Waals surface area contributed by atoms with Crippen molar-refractivity contribution in [3.63, 3.8) is 0 Å². The number of imide groups is 1. The van der Waals surface area contributed by atoms with Crippen LogP contribution in [0.3, 0.4) is 0 Å². The highest BCUT2D eigenvalue weighted by Crippen LogP contribution is 2.34. The monoisotopic (exact) mass is 729 g/mol. The van der Waals surface area contributed by atoms with E-state index in [2.05, 4.69) is 55.3 Å². The van der Waals surface area contributed by atoms with Gasteiger partial charge in [-0.3, -0.25) is 24.7 Å². The van der Waals surface area contributed by atoms with E-state index in [0.29, 0.717) is 53.5 Å². The molecular weight excluding hydrogens is 699 g/mol. The van der Waals surface area contributed by atoms with Gasteiger partial charge in [0, 0.05) is 77.3 Å². The molecular formula is C42H31N7O6. The molecule has 9 rings (SSSR count).